The fraction of sp³-hybridized carbons (Fsp3) is 0.516. The van der Waals surface area contributed by atoms with E-state index < -0.39 is 12.1 Å². The molecule has 206 valence electrons. The molecule has 1 aliphatic heterocycles. The Morgan fingerprint density at radius 1 is 0.947 bits per heavy atom. The topological polar surface area (TPSA) is 81.8 Å². The molecule has 3 atom stereocenters. The first-order chi connectivity index (χ1) is 18.3. The van der Waals surface area contributed by atoms with Crippen molar-refractivity contribution in [1.82, 2.24) is 20.4 Å². The Balaban J connectivity index is 1.73. The zero-order chi connectivity index (χ0) is 27.5. The highest BCUT2D eigenvalue weighted by Crippen LogP contribution is 2.22. The van der Waals surface area contributed by atoms with Gasteiger partial charge in [-0.15, -0.1) is 0 Å². The second kappa shape index (κ2) is 14.7. The Morgan fingerprint density at radius 3 is 2.13 bits per heavy atom. The molecule has 0 saturated carbocycles. The number of hydrogen-bond acceptors (Lipinski definition) is 4. The van der Waals surface area contributed by atoms with E-state index in [2.05, 4.69) is 22.8 Å². The number of likely N-dealkylation sites (tertiary alicyclic amines) is 1. The quantitative estimate of drug-likeness (QED) is 0.424. The third-order valence-electron chi connectivity index (χ3n) is 7.42. The molecule has 1 heterocycles. The zero-order valence-electron chi connectivity index (χ0n) is 23.4. The predicted octanol–water partition coefficient (Wildman–Crippen LogP) is 3.43. The van der Waals surface area contributed by atoms with E-state index in [0.29, 0.717) is 32.5 Å². The van der Waals surface area contributed by atoms with Crippen LogP contribution in [0.5, 0.6) is 0 Å². The fourth-order valence-electron chi connectivity index (χ4n) is 4.98. The summed E-state index contributed by atoms with van der Waals surface area (Å²) in [5, 5.41) is 5.96. The van der Waals surface area contributed by atoms with Gasteiger partial charge in [-0.1, -0.05) is 74.5 Å². The maximum absolute atomic E-state index is 13.9. The number of nitrogens with zero attached hydrogens (tertiary/aromatic N) is 2. The molecule has 0 radical (unpaired) electrons. The number of hydrogen-bond donors (Lipinski definition) is 2. The van der Waals surface area contributed by atoms with Crippen molar-refractivity contribution >= 4 is 17.7 Å². The van der Waals surface area contributed by atoms with Gasteiger partial charge in [0.15, 0.2) is 0 Å². The van der Waals surface area contributed by atoms with E-state index in [0.717, 1.165) is 24.8 Å². The van der Waals surface area contributed by atoms with Crippen LogP contribution in [0.4, 0.5) is 0 Å². The van der Waals surface area contributed by atoms with Gasteiger partial charge in [-0.2, -0.15) is 0 Å². The van der Waals surface area contributed by atoms with Crippen LogP contribution >= 0.6 is 0 Å². The minimum atomic E-state index is -0.613. The molecule has 7 nitrogen and oxygen atoms in total. The summed E-state index contributed by atoms with van der Waals surface area (Å²) in [5.74, 6) is -0.247. The predicted molar refractivity (Wildman–Crippen MR) is 152 cm³/mol. The molecule has 2 aromatic rings. The number of likely N-dealkylation sites (N-methyl/N-ethyl adjacent to an activating group) is 1. The fourth-order valence-corrected chi connectivity index (χ4v) is 4.98. The van der Waals surface area contributed by atoms with Crippen LogP contribution in [-0.4, -0.2) is 72.3 Å². The van der Waals surface area contributed by atoms with Crippen LogP contribution in [0.2, 0.25) is 0 Å². The Hall–Kier alpha value is -3.19. The van der Waals surface area contributed by atoms with Crippen molar-refractivity contribution in [2.24, 2.45) is 5.92 Å². The summed E-state index contributed by atoms with van der Waals surface area (Å²) in [4.78, 5) is 43.6. The summed E-state index contributed by atoms with van der Waals surface area (Å²) >= 11 is 0. The number of nitrogens with one attached hydrogen (secondary N) is 2. The Kier molecular flexibility index (Phi) is 11.3. The summed E-state index contributed by atoms with van der Waals surface area (Å²) in [6.45, 7) is 7.41. The molecular formula is C31H44N4O3. The molecule has 2 N–H and O–H groups in total. The van der Waals surface area contributed by atoms with E-state index in [1.54, 1.807) is 14.0 Å². The Labute approximate surface area is 228 Å². The smallest absolute Gasteiger partial charge is 0.245 e. The van der Waals surface area contributed by atoms with Crippen LogP contribution in [0.15, 0.2) is 60.7 Å². The first kappa shape index (κ1) is 29.4. The second-order valence-electron chi connectivity index (χ2n) is 10.6. The minimum absolute atomic E-state index is 0.0555. The van der Waals surface area contributed by atoms with E-state index in [4.69, 9.17) is 0 Å². The Morgan fingerprint density at radius 2 is 1.55 bits per heavy atom. The number of aryl methyl sites for hydroxylation is 1. The molecule has 0 bridgehead atoms. The van der Waals surface area contributed by atoms with Gasteiger partial charge in [-0.3, -0.25) is 14.4 Å². The number of rotatable bonds is 13. The monoisotopic (exact) mass is 520 g/mol. The molecule has 2 aromatic carbocycles. The van der Waals surface area contributed by atoms with Crippen molar-refractivity contribution in [1.29, 1.82) is 0 Å². The average Bonchev–Trinajstić information content (AvgIpc) is 3.41. The molecule has 1 aliphatic rings. The van der Waals surface area contributed by atoms with Crippen LogP contribution < -0.4 is 10.6 Å². The van der Waals surface area contributed by atoms with Crippen molar-refractivity contribution in [3.63, 3.8) is 0 Å². The third-order valence-corrected chi connectivity index (χ3v) is 7.42. The van der Waals surface area contributed by atoms with Gasteiger partial charge in [-0.25, -0.2) is 0 Å². The van der Waals surface area contributed by atoms with Crippen molar-refractivity contribution in [3.05, 3.63) is 71.8 Å². The van der Waals surface area contributed by atoms with Crippen LogP contribution in [0.1, 0.15) is 51.2 Å². The lowest BCUT2D eigenvalue weighted by Gasteiger charge is -2.34. The first-order valence-corrected chi connectivity index (χ1v) is 13.9. The van der Waals surface area contributed by atoms with Crippen LogP contribution in [0, 0.1) is 5.92 Å². The van der Waals surface area contributed by atoms with Crippen molar-refractivity contribution < 1.29 is 14.4 Å². The normalized spacial score (nSPS) is 16.8. The van der Waals surface area contributed by atoms with Gasteiger partial charge in [0, 0.05) is 31.6 Å². The number of carbonyl (C=O) groups is 3. The van der Waals surface area contributed by atoms with Crippen LogP contribution in [-0.2, 0) is 27.2 Å². The van der Waals surface area contributed by atoms with Crippen molar-refractivity contribution in [3.8, 4) is 0 Å². The van der Waals surface area contributed by atoms with Gasteiger partial charge in [0.2, 0.25) is 17.7 Å². The van der Waals surface area contributed by atoms with E-state index in [1.807, 2.05) is 72.2 Å². The second-order valence-corrected chi connectivity index (χ2v) is 10.6. The minimum Gasteiger partial charge on any atom is -0.343 e. The van der Waals surface area contributed by atoms with Crippen LogP contribution in [0.25, 0.3) is 0 Å². The SMILES string of the molecule is CN[C@@H](C)C(=O)N[C@@H](CCc1ccccc1)C(=O)N1CCC[C@H]1CN(CCc1ccccc1)C(=O)C(C)C. The van der Waals surface area contributed by atoms with E-state index in [9.17, 15) is 14.4 Å². The number of benzene rings is 2. The summed E-state index contributed by atoms with van der Waals surface area (Å²) in [6.07, 6.45) is 3.74. The highest BCUT2D eigenvalue weighted by Gasteiger charge is 2.36. The van der Waals surface area contributed by atoms with Crippen LogP contribution in [0.3, 0.4) is 0 Å². The highest BCUT2D eigenvalue weighted by molar-refractivity contribution is 5.90. The molecule has 3 rings (SSSR count). The first-order valence-electron chi connectivity index (χ1n) is 13.9. The van der Waals surface area contributed by atoms with Gasteiger partial charge < -0.3 is 20.4 Å². The molecule has 1 fully saturated rings. The lowest BCUT2D eigenvalue weighted by Crippen LogP contribution is -2.55. The molecule has 1 saturated heterocycles. The molecule has 38 heavy (non-hydrogen) atoms. The van der Waals surface area contributed by atoms with Gasteiger partial charge in [0.1, 0.15) is 6.04 Å². The number of amides is 3. The molecule has 0 spiro atoms. The van der Waals surface area contributed by atoms with E-state index in [-0.39, 0.29) is 29.7 Å². The lowest BCUT2D eigenvalue weighted by molar-refractivity contribution is -0.140. The molecule has 0 unspecified atom stereocenters. The standard InChI is InChI=1S/C31H44N4O3/c1-23(2)30(37)34(21-19-26-14-9-6-10-15-26)22-27-16-11-20-35(27)31(38)28(33-29(36)24(3)32-4)18-17-25-12-7-5-8-13-25/h5-10,12-15,23-24,27-28,32H,11,16-22H2,1-4H3,(H,33,36)/t24-,27-,28-/m0/s1. The maximum atomic E-state index is 13.9. The van der Waals surface area contributed by atoms with E-state index >= 15 is 0 Å². The third kappa shape index (κ3) is 8.42. The van der Waals surface area contributed by atoms with Gasteiger partial charge in [-0.05, 0) is 57.2 Å². The van der Waals surface area contributed by atoms with Crippen molar-refractivity contribution in [2.75, 3.05) is 26.7 Å². The molecule has 0 aliphatic carbocycles. The number of carbonyl (C=O) groups excluding carboxylic acids is 3. The maximum Gasteiger partial charge on any atom is 0.245 e. The zero-order valence-corrected chi connectivity index (χ0v) is 23.4. The molecular weight excluding hydrogens is 476 g/mol. The largest absolute Gasteiger partial charge is 0.343 e. The Bertz CT molecular complexity index is 1030. The average molecular weight is 521 g/mol. The molecule has 7 heteroatoms. The summed E-state index contributed by atoms with van der Waals surface area (Å²) in [6, 6.07) is 19.1. The summed E-state index contributed by atoms with van der Waals surface area (Å²) < 4.78 is 0. The van der Waals surface area contributed by atoms with Crippen molar-refractivity contribution in [2.45, 2.75) is 71.0 Å². The van der Waals surface area contributed by atoms with E-state index in [1.165, 1.54) is 5.56 Å². The van der Waals surface area contributed by atoms with Gasteiger partial charge in [0.05, 0.1) is 6.04 Å². The van der Waals surface area contributed by atoms with Gasteiger partial charge >= 0.3 is 0 Å². The van der Waals surface area contributed by atoms with Gasteiger partial charge in [0.25, 0.3) is 0 Å². The highest BCUT2D eigenvalue weighted by atomic mass is 16.2. The molecule has 3 amide bonds. The molecule has 0 aromatic heterocycles. The summed E-state index contributed by atoms with van der Waals surface area (Å²) in [5.41, 5.74) is 2.32. The summed E-state index contributed by atoms with van der Waals surface area (Å²) in [7, 11) is 1.73. The lowest BCUT2D eigenvalue weighted by atomic mass is 10.0.